The standard InChI is InChI=1S/C23H19N3O3/c27-22-14-24-26(21-9-5-4-8-20(21)22)15-23(28)25-18-10-12-19(13-11-18)29-16-17-6-2-1-3-7-17/h1-14H,15-16H2,(H,25,28). The Kier molecular flexibility index (Phi) is 5.33. The highest BCUT2D eigenvalue weighted by atomic mass is 16.5. The molecule has 0 saturated heterocycles. The number of carbonyl (C=O) groups is 1. The number of carbonyl (C=O) groups excluding carboxylic acids is 1. The van der Waals surface area contributed by atoms with Crippen LogP contribution in [0.5, 0.6) is 5.75 Å². The molecule has 0 radical (unpaired) electrons. The number of anilines is 1. The molecule has 1 N–H and O–H groups in total. The third kappa shape index (κ3) is 4.50. The third-order valence-corrected chi connectivity index (χ3v) is 4.44. The molecule has 29 heavy (non-hydrogen) atoms. The van der Waals surface area contributed by atoms with E-state index in [4.69, 9.17) is 4.74 Å². The van der Waals surface area contributed by atoms with E-state index in [9.17, 15) is 9.59 Å². The fourth-order valence-electron chi connectivity index (χ4n) is 3.00. The molecule has 0 fully saturated rings. The van der Waals surface area contributed by atoms with Crippen LogP contribution >= 0.6 is 0 Å². The fraction of sp³-hybridized carbons (Fsp3) is 0.0870. The molecule has 0 saturated carbocycles. The Hall–Kier alpha value is -3.93. The summed E-state index contributed by atoms with van der Waals surface area (Å²) in [7, 11) is 0. The molecule has 0 bridgehead atoms. The molecule has 3 aromatic carbocycles. The lowest BCUT2D eigenvalue weighted by Gasteiger charge is -2.11. The average Bonchev–Trinajstić information content (AvgIpc) is 2.76. The van der Waals surface area contributed by atoms with Crippen LogP contribution in [0.3, 0.4) is 0 Å². The van der Waals surface area contributed by atoms with Crippen molar-refractivity contribution in [2.45, 2.75) is 13.2 Å². The quantitative estimate of drug-likeness (QED) is 0.550. The predicted molar refractivity (Wildman–Crippen MR) is 112 cm³/mol. The lowest BCUT2D eigenvalue weighted by molar-refractivity contribution is -0.116. The van der Waals surface area contributed by atoms with Gasteiger partial charge in [0.15, 0.2) is 0 Å². The molecule has 0 spiro atoms. The van der Waals surface area contributed by atoms with Gasteiger partial charge in [-0.05, 0) is 42.0 Å². The van der Waals surface area contributed by atoms with Gasteiger partial charge in [-0.3, -0.25) is 14.3 Å². The first-order valence-corrected chi connectivity index (χ1v) is 9.20. The number of para-hydroxylation sites is 1. The van der Waals surface area contributed by atoms with Gasteiger partial charge in [0.05, 0.1) is 11.7 Å². The SMILES string of the molecule is O=C(Cn1ncc(=O)c2ccccc21)Nc1ccc(OCc2ccccc2)cc1. The Balaban J connectivity index is 1.39. The average molecular weight is 385 g/mol. The van der Waals surface area contributed by atoms with Gasteiger partial charge in [-0.2, -0.15) is 5.10 Å². The first kappa shape index (κ1) is 18.4. The minimum Gasteiger partial charge on any atom is -0.489 e. The molecule has 0 aliphatic rings. The van der Waals surface area contributed by atoms with Crippen molar-refractivity contribution in [3.05, 3.63) is 101 Å². The zero-order valence-corrected chi connectivity index (χ0v) is 15.6. The molecule has 6 nitrogen and oxygen atoms in total. The Morgan fingerprint density at radius 2 is 1.66 bits per heavy atom. The van der Waals surface area contributed by atoms with Gasteiger partial charge in [-0.15, -0.1) is 0 Å². The van der Waals surface area contributed by atoms with Crippen LogP contribution in [0.4, 0.5) is 5.69 Å². The normalized spacial score (nSPS) is 10.6. The van der Waals surface area contributed by atoms with Crippen molar-refractivity contribution in [2.24, 2.45) is 0 Å². The van der Waals surface area contributed by atoms with E-state index in [1.54, 1.807) is 30.3 Å². The minimum atomic E-state index is -0.232. The number of rotatable bonds is 6. The number of aromatic nitrogens is 2. The molecule has 0 aliphatic carbocycles. The molecule has 1 heterocycles. The lowest BCUT2D eigenvalue weighted by atomic mass is 10.2. The van der Waals surface area contributed by atoms with Gasteiger partial charge in [0.1, 0.15) is 18.9 Å². The number of hydrogen-bond acceptors (Lipinski definition) is 4. The number of amides is 1. The Bertz CT molecular complexity index is 1190. The van der Waals surface area contributed by atoms with E-state index in [2.05, 4.69) is 10.4 Å². The molecular weight excluding hydrogens is 366 g/mol. The molecule has 0 atom stereocenters. The van der Waals surface area contributed by atoms with Crippen LogP contribution in [-0.4, -0.2) is 15.7 Å². The summed E-state index contributed by atoms with van der Waals surface area (Å²) >= 11 is 0. The number of ether oxygens (including phenoxy) is 1. The second-order valence-corrected chi connectivity index (χ2v) is 6.53. The van der Waals surface area contributed by atoms with Gasteiger partial charge in [-0.25, -0.2) is 0 Å². The largest absolute Gasteiger partial charge is 0.489 e. The van der Waals surface area contributed by atoms with Crippen molar-refractivity contribution in [2.75, 3.05) is 5.32 Å². The molecule has 6 heteroatoms. The fourth-order valence-corrected chi connectivity index (χ4v) is 3.00. The van der Waals surface area contributed by atoms with E-state index in [-0.39, 0.29) is 17.9 Å². The lowest BCUT2D eigenvalue weighted by Crippen LogP contribution is -2.22. The van der Waals surface area contributed by atoms with Gasteiger partial charge < -0.3 is 10.1 Å². The summed E-state index contributed by atoms with van der Waals surface area (Å²) < 4.78 is 7.27. The minimum absolute atomic E-state index is 0.00700. The maximum absolute atomic E-state index is 12.4. The number of benzene rings is 3. The zero-order chi connectivity index (χ0) is 20.1. The van der Waals surface area contributed by atoms with Crippen LogP contribution in [0.2, 0.25) is 0 Å². The second-order valence-electron chi connectivity index (χ2n) is 6.53. The van der Waals surface area contributed by atoms with Gasteiger partial charge in [0.25, 0.3) is 0 Å². The van der Waals surface area contributed by atoms with Crippen molar-refractivity contribution in [3.63, 3.8) is 0 Å². The predicted octanol–water partition coefficient (Wildman–Crippen LogP) is 3.61. The number of nitrogens with zero attached hydrogens (tertiary/aromatic N) is 2. The maximum Gasteiger partial charge on any atom is 0.246 e. The number of hydrogen-bond donors (Lipinski definition) is 1. The zero-order valence-electron chi connectivity index (χ0n) is 15.6. The summed E-state index contributed by atoms with van der Waals surface area (Å²) in [5.41, 5.74) is 2.21. The summed E-state index contributed by atoms with van der Waals surface area (Å²) in [4.78, 5) is 24.3. The topological polar surface area (TPSA) is 73.2 Å². The molecule has 0 aliphatic heterocycles. The summed E-state index contributed by atoms with van der Waals surface area (Å²) in [6.45, 7) is 0.491. The maximum atomic E-state index is 12.4. The summed E-state index contributed by atoms with van der Waals surface area (Å²) in [6, 6.07) is 24.2. The Morgan fingerprint density at radius 1 is 0.931 bits per heavy atom. The number of fused-ring (bicyclic) bond motifs is 1. The molecule has 4 aromatic rings. The third-order valence-electron chi connectivity index (χ3n) is 4.44. The highest BCUT2D eigenvalue weighted by Gasteiger charge is 2.08. The highest BCUT2D eigenvalue weighted by Crippen LogP contribution is 2.17. The van der Waals surface area contributed by atoms with Crippen molar-refractivity contribution >= 4 is 22.5 Å². The first-order valence-electron chi connectivity index (χ1n) is 9.20. The van der Waals surface area contributed by atoms with Gasteiger partial charge in [0.2, 0.25) is 11.3 Å². The first-order chi connectivity index (χ1) is 14.2. The molecule has 1 aromatic heterocycles. The number of nitrogens with one attached hydrogen (secondary N) is 1. The van der Waals surface area contributed by atoms with E-state index >= 15 is 0 Å². The second kappa shape index (κ2) is 8.39. The van der Waals surface area contributed by atoms with Gasteiger partial charge in [0, 0.05) is 11.1 Å². The van der Waals surface area contributed by atoms with Crippen molar-refractivity contribution in [1.29, 1.82) is 0 Å². The van der Waals surface area contributed by atoms with Crippen molar-refractivity contribution in [3.8, 4) is 5.75 Å². The van der Waals surface area contributed by atoms with Crippen LogP contribution in [-0.2, 0) is 17.9 Å². The monoisotopic (exact) mass is 385 g/mol. The van der Waals surface area contributed by atoms with E-state index in [0.29, 0.717) is 23.2 Å². The Morgan fingerprint density at radius 3 is 2.45 bits per heavy atom. The highest BCUT2D eigenvalue weighted by molar-refractivity contribution is 5.91. The molecular formula is C23H19N3O3. The van der Waals surface area contributed by atoms with Crippen LogP contribution in [0.1, 0.15) is 5.56 Å². The van der Waals surface area contributed by atoms with Gasteiger partial charge >= 0.3 is 0 Å². The van der Waals surface area contributed by atoms with Crippen LogP contribution < -0.4 is 15.5 Å². The van der Waals surface area contributed by atoms with Crippen LogP contribution in [0, 0.1) is 0 Å². The van der Waals surface area contributed by atoms with Crippen LogP contribution in [0.15, 0.2) is 89.9 Å². The van der Waals surface area contributed by atoms with Crippen LogP contribution in [0.25, 0.3) is 10.9 Å². The molecule has 4 rings (SSSR count). The van der Waals surface area contributed by atoms with E-state index < -0.39 is 0 Å². The smallest absolute Gasteiger partial charge is 0.246 e. The summed E-state index contributed by atoms with van der Waals surface area (Å²) in [5, 5.41) is 7.45. The summed E-state index contributed by atoms with van der Waals surface area (Å²) in [6.07, 6.45) is 1.23. The Labute approximate surface area is 167 Å². The van der Waals surface area contributed by atoms with Crippen molar-refractivity contribution < 1.29 is 9.53 Å². The van der Waals surface area contributed by atoms with E-state index in [0.717, 1.165) is 11.3 Å². The molecule has 144 valence electrons. The summed E-state index contributed by atoms with van der Waals surface area (Å²) in [5.74, 6) is 0.490. The van der Waals surface area contributed by atoms with E-state index in [1.165, 1.54) is 10.9 Å². The van der Waals surface area contributed by atoms with Gasteiger partial charge in [-0.1, -0.05) is 42.5 Å². The molecule has 0 unspecified atom stereocenters. The molecule has 1 amide bonds. The van der Waals surface area contributed by atoms with E-state index in [1.807, 2.05) is 48.5 Å². The van der Waals surface area contributed by atoms with Crippen molar-refractivity contribution in [1.82, 2.24) is 9.78 Å².